The molecule has 0 aliphatic carbocycles. The zero-order valence-corrected chi connectivity index (χ0v) is 13.0. The van der Waals surface area contributed by atoms with E-state index in [2.05, 4.69) is 23.7 Å². The van der Waals surface area contributed by atoms with Crippen molar-refractivity contribution in [1.29, 1.82) is 0 Å². The second-order valence-electron chi connectivity index (χ2n) is 4.58. The van der Waals surface area contributed by atoms with Crippen molar-refractivity contribution in [3.8, 4) is 5.75 Å². The first-order valence-electron chi connectivity index (χ1n) is 7.37. The van der Waals surface area contributed by atoms with Crippen molar-refractivity contribution in [1.82, 2.24) is 4.90 Å². The molecule has 0 spiro atoms. The maximum Gasteiger partial charge on any atom is 0.341 e. The van der Waals surface area contributed by atoms with Gasteiger partial charge in [-0.3, -0.25) is 4.99 Å². The second kappa shape index (κ2) is 9.13. The molecule has 1 aromatic carbocycles. The Hall–Kier alpha value is -1.88. The van der Waals surface area contributed by atoms with Gasteiger partial charge in [-0.2, -0.15) is 0 Å². The maximum atomic E-state index is 11.9. The van der Waals surface area contributed by atoms with E-state index >= 15 is 0 Å². The number of nitrogens with zero attached hydrogens (tertiary/aromatic N) is 2. The van der Waals surface area contributed by atoms with E-state index in [0.717, 1.165) is 19.5 Å². The number of phenols is 1. The summed E-state index contributed by atoms with van der Waals surface area (Å²) in [6.07, 6.45) is 2.56. The van der Waals surface area contributed by atoms with Crippen LogP contribution in [0, 0.1) is 0 Å². The quantitative estimate of drug-likeness (QED) is 0.591. The molecule has 0 saturated carbocycles. The number of phenolic OH excluding ortho intramolecular Hbond substituents is 1. The summed E-state index contributed by atoms with van der Waals surface area (Å²) in [5.74, 6) is -0.612. The largest absolute Gasteiger partial charge is 0.507 e. The van der Waals surface area contributed by atoms with E-state index in [9.17, 15) is 9.90 Å². The molecule has 0 saturated heterocycles. The van der Waals surface area contributed by atoms with E-state index in [1.807, 2.05) is 6.92 Å². The van der Waals surface area contributed by atoms with E-state index in [1.165, 1.54) is 12.1 Å². The third-order valence-electron chi connectivity index (χ3n) is 3.16. The summed E-state index contributed by atoms with van der Waals surface area (Å²) in [5.41, 5.74) is 0.791. The minimum absolute atomic E-state index is 0.103. The first-order valence-corrected chi connectivity index (χ1v) is 7.37. The number of aromatic hydroxyl groups is 1. The molecule has 116 valence electrons. The molecule has 5 nitrogen and oxygen atoms in total. The summed E-state index contributed by atoms with van der Waals surface area (Å²) in [5, 5.41) is 9.88. The zero-order chi connectivity index (χ0) is 15.7. The number of carbonyl (C=O) groups is 1. The smallest absolute Gasteiger partial charge is 0.341 e. The Kier molecular flexibility index (Phi) is 7.46. The molecule has 0 radical (unpaired) electrons. The fourth-order valence-corrected chi connectivity index (χ4v) is 1.85. The van der Waals surface area contributed by atoms with Gasteiger partial charge in [0, 0.05) is 18.8 Å². The van der Waals surface area contributed by atoms with Crippen LogP contribution in [-0.2, 0) is 4.74 Å². The van der Waals surface area contributed by atoms with E-state index in [4.69, 9.17) is 4.74 Å². The highest BCUT2D eigenvalue weighted by Gasteiger charge is 2.13. The first-order chi connectivity index (χ1) is 10.1. The normalized spacial score (nSPS) is 11.2. The highest BCUT2D eigenvalue weighted by Crippen LogP contribution is 2.24. The Bertz CT molecular complexity index is 482. The topological polar surface area (TPSA) is 62.1 Å². The fourth-order valence-electron chi connectivity index (χ4n) is 1.85. The van der Waals surface area contributed by atoms with Crippen LogP contribution in [0.5, 0.6) is 5.75 Å². The molecule has 0 aliphatic heterocycles. The van der Waals surface area contributed by atoms with Crippen LogP contribution < -0.4 is 0 Å². The van der Waals surface area contributed by atoms with Crippen LogP contribution in [0.4, 0.5) is 5.69 Å². The molecule has 0 atom stereocenters. The number of ether oxygens (including phenoxy) is 1. The predicted octanol–water partition coefficient (Wildman–Crippen LogP) is 3.00. The Morgan fingerprint density at radius 1 is 1.33 bits per heavy atom. The average Bonchev–Trinajstić information content (AvgIpc) is 2.49. The fraction of sp³-hybridized carbons (Fsp3) is 0.500. The molecule has 0 unspecified atom stereocenters. The minimum Gasteiger partial charge on any atom is -0.507 e. The zero-order valence-electron chi connectivity index (χ0n) is 13.0. The van der Waals surface area contributed by atoms with Crippen LogP contribution in [-0.4, -0.2) is 48.4 Å². The van der Waals surface area contributed by atoms with Gasteiger partial charge in [-0.1, -0.05) is 20.8 Å². The van der Waals surface area contributed by atoms with Crippen LogP contribution >= 0.6 is 0 Å². The van der Waals surface area contributed by atoms with E-state index in [1.54, 1.807) is 12.3 Å². The SMILES string of the molecule is CCC=Nc1ccc(C(=O)OCCN(CC)CC)c(O)c1. The van der Waals surface area contributed by atoms with Crippen molar-refractivity contribution in [2.24, 2.45) is 4.99 Å². The van der Waals surface area contributed by atoms with Crippen LogP contribution in [0.25, 0.3) is 0 Å². The van der Waals surface area contributed by atoms with Gasteiger partial charge in [0.25, 0.3) is 0 Å². The number of carbonyl (C=O) groups excluding carboxylic acids is 1. The summed E-state index contributed by atoms with van der Waals surface area (Å²) < 4.78 is 5.19. The Balaban J connectivity index is 2.60. The van der Waals surface area contributed by atoms with Crippen molar-refractivity contribution in [2.45, 2.75) is 27.2 Å². The summed E-state index contributed by atoms with van der Waals surface area (Å²) >= 11 is 0. The van der Waals surface area contributed by atoms with Gasteiger partial charge in [0.2, 0.25) is 0 Å². The van der Waals surface area contributed by atoms with Gasteiger partial charge in [-0.25, -0.2) is 4.79 Å². The summed E-state index contributed by atoms with van der Waals surface area (Å²) in [4.78, 5) is 18.2. The van der Waals surface area contributed by atoms with Crippen molar-refractivity contribution < 1.29 is 14.6 Å². The van der Waals surface area contributed by atoms with Gasteiger partial charge in [-0.15, -0.1) is 0 Å². The molecule has 0 amide bonds. The average molecular weight is 292 g/mol. The van der Waals surface area contributed by atoms with Crippen LogP contribution in [0.2, 0.25) is 0 Å². The standard InChI is InChI=1S/C16H24N2O3/c1-4-9-17-13-7-8-14(15(19)12-13)16(20)21-11-10-18(5-2)6-3/h7-9,12,19H,4-6,10-11H2,1-3H3. The van der Waals surface area contributed by atoms with Gasteiger partial charge in [-0.05, 0) is 31.6 Å². The maximum absolute atomic E-state index is 11.9. The molecule has 0 aliphatic rings. The second-order valence-corrected chi connectivity index (χ2v) is 4.58. The third kappa shape index (κ3) is 5.55. The molecule has 1 N–H and O–H groups in total. The number of hydrogen-bond donors (Lipinski definition) is 1. The van der Waals surface area contributed by atoms with Crippen LogP contribution in [0.3, 0.4) is 0 Å². The Labute approximate surface area is 126 Å². The third-order valence-corrected chi connectivity index (χ3v) is 3.16. The Morgan fingerprint density at radius 3 is 2.62 bits per heavy atom. The minimum atomic E-state index is -0.509. The molecule has 0 aromatic heterocycles. The lowest BCUT2D eigenvalue weighted by Crippen LogP contribution is -2.27. The molecule has 0 bridgehead atoms. The van der Waals surface area contributed by atoms with Crippen LogP contribution in [0.1, 0.15) is 37.6 Å². The van der Waals surface area contributed by atoms with Gasteiger partial charge in [0.1, 0.15) is 17.9 Å². The molecule has 0 heterocycles. The molecular formula is C16H24N2O3. The lowest BCUT2D eigenvalue weighted by molar-refractivity contribution is 0.0463. The molecule has 21 heavy (non-hydrogen) atoms. The lowest BCUT2D eigenvalue weighted by atomic mass is 10.2. The van der Waals surface area contributed by atoms with Crippen LogP contribution in [0.15, 0.2) is 23.2 Å². The van der Waals surface area contributed by atoms with Gasteiger partial charge in [0.05, 0.1) is 5.69 Å². The number of esters is 1. The van der Waals surface area contributed by atoms with Gasteiger partial charge in [0.15, 0.2) is 0 Å². The van der Waals surface area contributed by atoms with Crippen molar-refractivity contribution in [3.63, 3.8) is 0 Å². The monoisotopic (exact) mass is 292 g/mol. The Morgan fingerprint density at radius 2 is 2.05 bits per heavy atom. The van der Waals surface area contributed by atoms with Gasteiger partial charge >= 0.3 is 5.97 Å². The number of likely N-dealkylation sites (N-methyl/N-ethyl adjacent to an activating group) is 1. The lowest BCUT2D eigenvalue weighted by Gasteiger charge is -2.17. The molecule has 1 aromatic rings. The van der Waals surface area contributed by atoms with Crippen molar-refractivity contribution in [2.75, 3.05) is 26.2 Å². The summed E-state index contributed by atoms with van der Waals surface area (Å²) in [6.45, 7) is 8.95. The highest BCUT2D eigenvalue weighted by molar-refractivity contribution is 5.93. The van der Waals surface area contributed by atoms with E-state index in [-0.39, 0.29) is 11.3 Å². The van der Waals surface area contributed by atoms with E-state index < -0.39 is 5.97 Å². The number of benzene rings is 1. The summed E-state index contributed by atoms with van der Waals surface area (Å²) in [7, 11) is 0. The number of hydrogen-bond acceptors (Lipinski definition) is 5. The van der Waals surface area contributed by atoms with Crippen molar-refractivity contribution in [3.05, 3.63) is 23.8 Å². The predicted molar refractivity (Wildman–Crippen MR) is 84.6 cm³/mol. The molecule has 5 heteroatoms. The highest BCUT2D eigenvalue weighted by atomic mass is 16.5. The van der Waals surface area contributed by atoms with Crippen molar-refractivity contribution >= 4 is 17.9 Å². The molecule has 0 fully saturated rings. The molecular weight excluding hydrogens is 268 g/mol. The van der Waals surface area contributed by atoms with E-state index in [0.29, 0.717) is 18.8 Å². The number of rotatable bonds is 8. The first kappa shape index (κ1) is 17.2. The molecule has 1 rings (SSSR count). The number of aliphatic imine (C=N–C) groups is 1. The summed E-state index contributed by atoms with van der Waals surface area (Å²) in [6, 6.07) is 4.69. The van der Waals surface area contributed by atoms with Gasteiger partial charge < -0.3 is 14.7 Å².